The normalized spacial score (nSPS) is 26.5. The summed E-state index contributed by atoms with van der Waals surface area (Å²) in [6.45, 7) is 0. The Morgan fingerprint density at radius 3 is 2.83 bits per heavy atom. The second kappa shape index (κ2) is 5.58. The lowest BCUT2D eigenvalue weighted by atomic mass is 9.84. The minimum Gasteiger partial charge on any atom is -0.480 e. The van der Waals surface area contributed by atoms with Crippen LogP contribution in [0.2, 0.25) is 0 Å². The molecule has 2 fully saturated rings. The molecule has 0 bridgehead atoms. The molecule has 0 unspecified atom stereocenters. The van der Waals surface area contributed by atoms with Gasteiger partial charge in [0.1, 0.15) is 11.6 Å². The molecule has 4 rings (SSSR count). The summed E-state index contributed by atoms with van der Waals surface area (Å²) in [5.74, 6) is -0.799. The van der Waals surface area contributed by atoms with Crippen molar-refractivity contribution in [2.24, 2.45) is 13.0 Å². The Balaban J connectivity index is 1.70. The first kappa shape index (κ1) is 15.1. The van der Waals surface area contributed by atoms with Gasteiger partial charge >= 0.3 is 5.97 Å². The van der Waals surface area contributed by atoms with Gasteiger partial charge in [0.25, 0.3) is 5.91 Å². The summed E-state index contributed by atoms with van der Waals surface area (Å²) >= 11 is 0. The maximum atomic E-state index is 13.1. The number of hydrogen-bond donors (Lipinski definition) is 1. The van der Waals surface area contributed by atoms with Crippen LogP contribution in [-0.4, -0.2) is 49.0 Å². The van der Waals surface area contributed by atoms with Crippen molar-refractivity contribution in [2.45, 2.75) is 44.2 Å². The zero-order valence-electron chi connectivity index (χ0n) is 13.6. The molecule has 1 N–H and O–H groups in total. The Kier molecular flexibility index (Phi) is 3.51. The number of aryl methyl sites for hydroxylation is 1. The van der Waals surface area contributed by atoms with Gasteiger partial charge in [-0.1, -0.05) is 18.1 Å². The first-order chi connectivity index (χ1) is 11.6. The Morgan fingerprint density at radius 2 is 2.04 bits per heavy atom. The number of hydrogen-bond acceptors (Lipinski definition) is 4. The molecule has 1 aromatic heterocycles. The highest BCUT2D eigenvalue weighted by Crippen LogP contribution is 2.40. The lowest BCUT2D eigenvalue weighted by Gasteiger charge is -2.33. The van der Waals surface area contributed by atoms with Crippen LogP contribution in [0.25, 0.3) is 11.0 Å². The van der Waals surface area contributed by atoms with Gasteiger partial charge in [0.05, 0.1) is 5.52 Å². The number of carbonyl (C=O) groups excluding carboxylic acids is 1. The summed E-state index contributed by atoms with van der Waals surface area (Å²) in [4.78, 5) is 26.4. The Labute approximate surface area is 139 Å². The highest BCUT2D eigenvalue weighted by molar-refractivity contribution is 5.99. The van der Waals surface area contributed by atoms with E-state index in [0.717, 1.165) is 31.2 Å². The van der Waals surface area contributed by atoms with E-state index in [1.54, 1.807) is 28.8 Å². The molecule has 1 aromatic carbocycles. The first-order valence-corrected chi connectivity index (χ1v) is 8.41. The zero-order valence-corrected chi connectivity index (χ0v) is 13.6. The standard InChI is InChI=1S/C17H20N4O3/c1-20-14-7-6-11(8-12(14)18-19-20)16(22)21-13-5-3-2-4-10(13)9-15(21)17(23)24/h6-8,10,13,15H,2-5,9H2,1H3,(H,23,24)/t10-,13+,15+/m1/s1. The number of rotatable bonds is 2. The molecule has 2 aliphatic rings. The molecule has 1 amide bonds. The predicted molar refractivity (Wildman–Crippen MR) is 86.5 cm³/mol. The van der Waals surface area contributed by atoms with Crippen LogP contribution in [0, 0.1) is 5.92 Å². The second-order valence-corrected chi connectivity index (χ2v) is 6.83. The minimum absolute atomic E-state index is 0.0462. The fourth-order valence-corrected chi connectivity index (χ4v) is 4.30. The molecule has 1 aliphatic heterocycles. The number of aromatic nitrogens is 3. The molecule has 2 aromatic rings. The smallest absolute Gasteiger partial charge is 0.326 e. The maximum Gasteiger partial charge on any atom is 0.326 e. The average Bonchev–Trinajstić information content (AvgIpc) is 3.15. The van der Waals surface area contributed by atoms with Gasteiger partial charge in [-0.25, -0.2) is 9.48 Å². The fraction of sp³-hybridized carbons (Fsp3) is 0.529. The van der Waals surface area contributed by atoms with Gasteiger partial charge in [-0.3, -0.25) is 4.79 Å². The third kappa shape index (κ3) is 2.26. The van der Waals surface area contributed by atoms with E-state index in [4.69, 9.17) is 0 Å². The van der Waals surface area contributed by atoms with Crippen molar-refractivity contribution in [1.82, 2.24) is 19.9 Å². The summed E-state index contributed by atoms with van der Waals surface area (Å²) in [7, 11) is 1.80. The lowest BCUT2D eigenvalue weighted by Crippen LogP contribution is -2.46. The van der Waals surface area contributed by atoms with Gasteiger partial charge in [0.15, 0.2) is 0 Å². The number of amides is 1. The van der Waals surface area contributed by atoms with Crippen LogP contribution in [0.3, 0.4) is 0 Å². The molecule has 24 heavy (non-hydrogen) atoms. The maximum absolute atomic E-state index is 13.1. The van der Waals surface area contributed by atoms with E-state index >= 15 is 0 Å². The number of benzene rings is 1. The summed E-state index contributed by atoms with van der Waals surface area (Å²) in [6.07, 6.45) is 4.66. The lowest BCUT2D eigenvalue weighted by molar-refractivity contribution is -0.141. The molecule has 0 radical (unpaired) electrons. The number of carboxylic acids is 1. The van der Waals surface area contributed by atoms with Crippen molar-refractivity contribution in [3.05, 3.63) is 23.8 Å². The molecule has 1 saturated carbocycles. The fourth-order valence-electron chi connectivity index (χ4n) is 4.30. The van der Waals surface area contributed by atoms with Crippen molar-refractivity contribution in [3.63, 3.8) is 0 Å². The number of likely N-dealkylation sites (tertiary alicyclic amines) is 1. The first-order valence-electron chi connectivity index (χ1n) is 8.41. The van der Waals surface area contributed by atoms with Crippen LogP contribution in [0.1, 0.15) is 42.5 Å². The summed E-state index contributed by atoms with van der Waals surface area (Å²) in [6, 6.07) is 4.59. The summed E-state index contributed by atoms with van der Waals surface area (Å²) < 4.78 is 1.65. The minimum atomic E-state index is -0.904. The molecule has 1 saturated heterocycles. The van der Waals surface area contributed by atoms with Gasteiger partial charge in [0.2, 0.25) is 0 Å². The quantitative estimate of drug-likeness (QED) is 0.908. The third-order valence-corrected chi connectivity index (χ3v) is 5.47. The van der Waals surface area contributed by atoms with Crippen LogP contribution < -0.4 is 0 Å². The third-order valence-electron chi connectivity index (χ3n) is 5.47. The van der Waals surface area contributed by atoms with Gasteiger partial charge < -0.3 is 10.0 Å². The van der Waals surface area contributed by atoms with Crippen LogP contribution in [0.15, 0.2) is 18.2 Å². The monoisotopic (exact) mass is 328 g/mol. The molecule has 3 atom stereocenters. The van der Waals surface area contributed by atoms with Crippen molar-refractivity contribution < 1.29 is 14.7 Å². The topological polar surface area (TPSA) is 88.3 Å². The van der Waals surface area contributed by atoms with E-state index in [-0.39, 0.29) is 11.9 Å². The van der Waals surface area contributed by atoms with E-state index < -0.39 is 12.0 Å². The number of carbonyl (C=O) groups is 2. The van der Waals surface area contributed by atoms with E-state index in [1.165, 1.54) is 0 Å². The Hall–Kier alpha value is -2.44. The van der Waals surface area contributed by atoms with Crippen molar-refractivity contribution in [3.8, 4) is 0 Å². The zero-order chi connectivity index (χ0) is 16.8. The molecule has 1 aliphatic carbocycles. The molecule has 7 heteroatoms. The summed E-state index contributed by atoms with van der Waals surface area (Å²) in [5.41, 5.74) is 1.98. The Morgan fingerprint density at radius 1 is 1.25 bits per heavy atom. The van der Waals surface area contributed by atoms with E-state index in [0.29, 0.717) is 23.4 Å². The number of nitrogens with zero attached hydrogens (tertiary/aromatic N) is 4. The van der Waals surface area contributed by atoms with Crippen molar-refractivity contribution in [2.75, 3.05) is 0 Å². The molecule has 126 valence electrons. The van der Waals surface area contributed by atoms with Crippen LogP contribution in [0.5, 0.6) is 0 Å². The van der Waals surface area contributed by atoms with E-state index in [9.17, 15) is 14.7 Å². The molecule has 2 heterocycles. The van der Waals surface area contributed by atoms with Crippen LogP contribution in [-0.2, 0) is 11.8 Å². The molecule has 7 nitrogen and oxygen atoms in total. The predicted octanol–water partition coefficient (Wildman–Crippen LogP) is 1.83. The molecular weight excluding hydrogens is 308 g/mol. The van der Waals surface area contributed by atoms with Gasteiger partial charge in [-0.15, -0.1) is 5.10 Å². The molecular formula is C17H20N4O3. The van der Waals surface area contributed by atoms with Gasteiger partial charge in [0, 0.05) is 18.7 Å². The summed E-state index contributed by atoms with van der Waals surface area (Å²) in [5, 5.41) is 17.6. The Bertz CT molecular complexity index is 815. The van der Waals surface area contributed by atoms with Gasteiger partial charge in [-0.2, -0.15) is 0 Å². The highest BCUT2D eigenvalue weighted by atomic mass is 16.4. The average molecular weight is 328 g/mol. The SMILES string of the molecule is Cn1nnc2cc(C(=O)N3[C@H](C(=O)O)C[C@H]4CCCC[C@@H]43)ccc21. The largest absolute Gasteiger partial charge is 0.480 e. The van der Waals surface area contributed by atoms with Crippen molar-refractivity contribution in [1.29, 1.82) is 0 Å². The molecule has 0 spiro atoms. The number of carboxylic acid groups (broad SMARTS) is 1. The van der Waals surface area contributed by atoms with Crippen LogP contribution >= 0.6 is 0 Å². The van der Waals surface area contributed by atoms with E-state index in [2.05, 4.69) is 10.3 Å². The van der Waals surface area contributed by atoms with Crippen molar-refractivity contribution >= 4 is 22.9 Å². The highest BCUT2D eigenvalue weighted by Gasteiger charge is 2.47. The number of fused-ring (bicyclic) bond motifs is 2. The second-order valence-electron chi connectivity index (χ2n) is 6.83. The van der Waals surface area contributed by atoms with Crippen LogP contribution in [0.4, 0.5) is 0 Å². The van der Waals surface area contributed by atoms with E-state index in [1.807, 2.05) is 6.07 Å². The number of aliphatic carboxylic acids is 1. The van der Waals surface area contributed by atoms with Gasteiger partial charge in [-0.05, 0) is 43.4 Å².